The number of halogens is 1. The first-order valence-corrected chi connectivity index (χ1v) is 9.16. The van der Waals surface area contributed by atoms with E-state index >= 15 is 4.39 Å². The maximum absolute atomic E-state index is 15.2. The van der Waals surface area contributed by atoms with Gasteiger partial charge in [-0.2, -0.15) is 0 Å². The highest BCUT2D eigenvalue weighted by molar-refractivity contribution is 4.93. The Balaban J connectivity index is 1.80. The van der Waals surface area contributed by atoms with E-state index in [1.807, 2.05) is 0 Å². The van der Waals surface area contributed by atoms with E-state index in [0.29, 0.717) is 17.9 Å². The van der Waals surface area contributed by atoms with Crippen molar-refractivity contribution >= 4 is 0 Å². The van der Waals surface area contributed by atoms with Crippen LogP contribution in [0, 0.1) is 11.3 Å². The van der Waals surface area contributed by atoms with Crippen LogP contribution in [0.3, 0.4) is 0 Å². The van der Waals surface area contributed by atoms with Crippen molar-refractivity contribution in [1.29, 1.82) is 0 Å². The zero-order valence-corrected chi connectivity index (χ0v) is 15.7. The van der Waals surface area contributed by atoms with E-state index in [-0.39, 0.29) is 5.54 Å². The molecule has 1 aliphatic carbocycles. The van der Waals surface area contributed by atoms with Crippen LogP contribution in [-0.4, -0.2) is 53.7 Å². The van der Waals surface area contributed by atoms with Gasteiger partial charge in [-0.15, -0.1) is 0 Å². The zero-order valence-electron chi connectivity index (χ0n) is 15.7. The highest BCUT2D eigenvalue weighted by Crippen LogP contribution is 2.43. The monoisotopic (exact) mass is 312 g/mol. The van der Waals surface area contributed by atoms with Crippen molar-refractivity contribution in [2.24, 2.45) is 11.3 Å². The number of rotatable bonds is 2. The van der Waals surface area contributed by atoms with Crippen LogP contribution in [0.4, 0.5) is 4.39 Å². The molecule has 0 N–H and O–H groups in total. The second-order valence-electron chi connectivity index (χ2n) is 9.73. The van der Waals surface area contributed by atoms with Crippen molar-refractivity contribution < 1.29 is 4.39 Å². The molecule has 2 aliphatic rings. The van der Waals surface area contributed by atoms with Crippen LogP contribution in [0.5, 0.6) is 0 Å². The van der Waals surface area contributed by atoms with E-state index in [4.69, 9.17) is 0 Å². The average Bonchev–Trinajstić information content (AvgIpc) is 2.37. The van der Waals surface area contributed by atoms with Gasteiger partial charge < -0.3 is 0 Å². The molecule has 130 valence electrons. The van der Waals surface area contributed by atoms with Crippen molar-refractivity contribution in [3.05, 3.63) is 0 Å². The highest BCUT2D eigenvalue weighted by Gasteiger charge is 2.40. The van der Waals surface area contributed by atoms with Gasteiger partial charge in [0.05, 0.1) is 0 Å². The van der Waals surface area contributed by atoms with Crippen LogP contribution in [0.2, 0.25) is 0 Å². The molecule has 0 amide bonds. The molecule has 0 atom stereocenters. The van der Waals surface area contributed by atoms with Crippen LogP contribution in [-0.2, 0) is 0 Å². The molecule has 0 aromatic rings. The molecule has 0 aromatic carbocycles. The summed E-state index contributed by atoms with van der Waals surface area (Å²) in [6.07, 6.45) is 3.63. The van der Waals surface area contributed by atoms with Crippen LogP contribution >= 0.6 is 0 Å². The fourth-order valence-corrected chi connectivity index (χ4v) is 4.14. The number of nitrogens with zero attached hydrogens (tertiary/aromatic N) is 2. The zero-order chi connectivity index (χ0) is 16.6. The van der Waals surface area contributed by atoms with Crippen molar-refractivity contribution in [3.63, 3.8) is 0 Å². The number of hydrogen-bond acceptors (Lipinski definition) is 2. The maximum atomic E-state index is 15.2. The second-order valence-corrected chi connectivity index (χ2v) is 9.73. The molecule has 0 spiro atoms. The van der Waals surface area contributed by atoms with Gasteiger partial charge in [0.2, 0.25) is 0 Å². The third kappa shape index (κ3) is 4.67. The molecule has 1 heterocycles. The van der Waals surface area contributed by atoms with E-state index in [2.05, 4.69) is 51.3 Å². The molecule has 0 aromatic heterocycles. The van der Waals surface area contributed by atoms with Crippen LogP contribution in [0.25, 0.3) is 0 Å². The average molecular weight is 313 g/mol. The van der Waals surface area contributed by atoms with E-state index in [1.165, 1.54) is 0 Å². The Bertz CT molecular complexity index is 351. The smallest absolute Gasteiger partial charge is 0.123 e. The minimum atomic E-state index is -0.939. The number of piperazine rings is 1. The normalized spacial score (nSPS) is 33.1. The Morgan fingerprint density at radius 1 is 0.909 bits per heavy atom. The Labute approximate surface area is 137 Å². The van der Waals surface area contributed by atoms with E-state index in [1.54, 1.807) is 0 Å². The van der Waals surface area contributed by atoms with Gasteiger partial charge in [-0.25, -0.2) is 4.39 Å². The van der Waals surface area contributed by atoms with Crippen LogP contribution in [0.15, 0.2) is 0 Å². The van der Waals surface area contributed by atoms with Gasteiger partial charge in [-0.05, 0) is 57.8 Å². The quantitative estimate of drug-likeness (QED) is 0.748. The molecule has 0 unspecified atom stereocenters. The van der Waals surface area contributed by atoms with Gasteiger partial charge in [0.15, 0.2) is 0 Å². The third-order valence-corrected chi connectivity index (χ3v) is 5.93. The fourth-order valence-electron chi connectivity index (χ4n) is 4.14. The first-order valence-electron chi connectivity index (χ1n) is 9.16. The Hall–Kier alpha value is -0.150. The molecular weight excluding hydrogens is 275 g/mol. The van der Waals surface area contributed by atoms with E-state index in [0.717, 1.165) is 51.9 Å². The largest absolute Gasteiger partial charge is 0.298 e. The molecule has 0 bridgehead atoms. The van der Waals surface area contributed by atoms with Crippen LogP contribution in [0.1, 0.15) is 67.2 Å². The molecule has 2 rings (SSSR count). The SMILES string of the molecule is CC(C)(C)C1CCC(F)(CN2CCN(C(C)(C)C)CC2)CC1. The molecule has 1 aliphatic heterocycles. The van der Waals surface area contributed by atoms with Gasteiger partial charge in [-0.1, -0.05) is 20.8 Å². The van der Waals surface area contributed by atoms with Gasteiger partial charge in [0, 0.05) is 38.3 Å². The summed E-state index contributed by atoms with van der Waals surface area (Å²) >= 11 is 0. The van der Waals surface area contributed by atoms with Gasteiger partial charge in [-0.3, -0.25) is 9.80 Å². The number of hydrogen-bond donors (Lipinski definition) is 0. The minimum Gasteiger partial charge on any atom is -0.298 e. The highest BCUT2D eigenvalue weighted by atomic mass is 19.1. The Morgan fingerprint density at radius 3 is 1.82 bits per heavy atom. The molecule has 1 saturated heterocycles. The standard InChI is InChI=1S/C19H37FN2/c1-17(2,3)16-7-9-19(20,10-8-16)15-21-11-13-22(14-12-21)18(4,5)6/h16H,7-15H2,1-6H3. The molecule has 22 heavy (non-hydrogen) atoms. The third-order valence-electron chi connectivity index (χ3n) is 5.93. The molecule has 2 fully saturated rings. The molecule has 1 saturated carbocycles. The summed E-state index contributed by atoms with van der Waals surface area (Å²) in [5.74, 6) is 0.689. The summed E-state index contributed by atoms with van der Waals surface area (Å²) in [4.78, 5) is 4.88. The van der Waals surface area contributed by atoms with Crippen molar-refractivity contribution in [3.8, 4) is 0 Å². The fraction of sp³-hybridized carbons (Fsp3) is 1.00. The summed E-state index contributed by atoms with van der Waals surface area (Å²) in [7, 11) is 0. The topological polar surface area (TPSA) is 6.48 Å². The lowest BCUT2D eigenvalue weighted by Crippen LogP contribution is -2.56. The summed E-state index contributed by atoms with van der Waals surface area (Å²) < 4.78 is 15.2. The maximum Gasteiger partial charge on any atom is 0.123 e. The van der Waals surface area contributed by atoms with E-state index in [9.17, 15) is 0 Å². The first-order chi connectivity index (χ1) is 10.00. The summed E-state index contributed by atoms with van der Waals surface area (Å²) in [6, 6.07) is 0. The molecular formula is C19H37FN2. The summed E-state index contributed by atoms with van der Waals surface area (Å²) in [5, 5.41) is 0. The lowest BCUT2D eigenvalue weighted by Gasteiger charge is -2.45. The molecule has 0 radical (unpaired) electrons. The minimum absolute atomic E-state index is 0.240. The summed E-state index contributed by atoms with van der Waals surface area (Å²) in [6.45, 7) is 18.6. The predicted molar refractivity (Wildman–Crippen MR) is 93.0 cm³/mol. The van der Waals surface area contributed by atoms with Gasteiger partial charge in [0.25, 0.3) is 0 Å². The molecule has 2 nitrogen and oxygen atoms in total. The Morgan fingerprint density at radius 2 is 1.41 bits per heavy atom. The lowest BCUT2D eigenvalue weighted by molar-refractivity contribution is -0.00604. The first kappa shape index (κ1) is 18.2. The summed E-state index contributed by atoms with van der Waals surface area (Å²) in [5.41, 5.74) is -0.365. The van der Waals surface area contributed by atoms with E-state index < -0.39 is 5.67 Å². The van der Waals surface area contributed by atoms with Gasteiger partial charge >= 0.3 is 0 Å². The van der Waals surface area contributed by atoms with Crippen molar-refractivity contribution in [2.75, 3.05) is 32.7 Å². The predicted octanol–water partition coefficient (Wildman–Crippen LogP) is 4.35. The van der Waals surface area contributed by atoms with Crippen LogP contribution < -0.4 is 0 Å². The number of alkyl halides is 1. The Kier molecular flexibility index (Phi) is 5.29. The second kappa shape index (κ2) is 6.39. The molecule has 3 heteroatoms. The van der Waals surface area contributed by atoms with Crippen molar-refractivity contribution in [2.45, 2.75) is 78.4 Å². The lowest BCUT2D eigenvalue weighted by atomic mass is 9.69. The van der Waals surface area contributed by atoms with Gasteiger partial charge in [0.1, 0.15) is 5.67 Å². The van der Waals surface area contributed by atoms with Crippen molar-refractivity contribution in [1.82, 2.24) is 9.80 Å².